The van der Waals surface area contributed by atoms with E-state index < -0.39 is 40.4 Å². The van der Waals surface area contributed by atoms with Gasteiger partial charge in [-0.1, -0.05) is 23.2 Å². The van der Waals surface area contributed by atoms with Gasteiger partial charge in [0.2, 0.25) is 5.82 Å². The molecule has 0 aliphatic rings. The van der Waals surface area contributed by atoms with Crippen LogP contribution in [-0.4, -0.2) is 5.78 Å². The highest BCUT2D eigenvalue weighted by atomic mass is 35.5. The topological polar surface area (TPSA) is 17.1 Å². The molecule has 0 bridgehead atoms. The molecule has 0 saturated carbocycles. The molecule has 23 heavy (non-hydrogen) atoms. The predicted octanol–water partition coefficient (Wildman–Crippen LogP) is 5.59. The summed E-state index contributed by atoms with van der Waals surface area (Å²) in [5, 5.41) is 0.236. The lowest BCUT2D eigenvalue weighted by Gasteiger charge is -2.04. The molecule has 1 nitrogen and oxygen atoms in total. The van der Waals surface area contributed by atoms with Gasteiger partial charge in [0.05, 0.1) is 10.6 Å². The molecule has 0 fully saturated rings. The lowest BCUT2D eigenvalue weighted by atomic mass is 10.1. The molecule has 0 aliphatic carbocycles. The van der Waals surface area contributed by atoms with Crippen LogP contribution in [-0.2, 0) is 0 Å². The summed E-state index contributed by atoms with van der Waals surface area (Å²) in [6, 6.07) is 3.88. The molecule has 0 saturated heterocycles. The smallest absolute Gasteiger partial charge is 0.200 e. The van der Waals surface area contributed by atoms with E-state index in [0.717, 1.165) is 0 Å². The third kappa shape index (κ3) is 3.38. The second kappa shape index (κ2) is 6.68. The molecule has 0 aliphatic heterocycles. The van der Waals surface area contributed by atoms with Crippen LogP contribution in [0.1, 0.15) is 15.9 Å². The Bertz CT molecular complexity index is 804. The Kier molecular flexibility index (Phi) is 5.06. The number of rotatable bonds is 3. The van der Waals surface area contributed by atoms with E-state index in [0.29, 0.717) is 12.2 Å². The third-order valence-corrected chi connectivity index (χ3v) is 3.39. The van der Waals surface area contributed by atoms with Crippen molar-refractivity contribution in [1.29, 1.82) is 0 Å². The van der Waals surface area contributed by atoms with Crippen molar-refractivity contribution in [2.45, 2.75) is 0 Å². The molecule has 2 rings (SSSR count). The fourth-order valence-electron chi connectivity index (χ4n) is 1.71. The maximum atomic E-state index is 13.5. The monoisotopic (exact) mass is 366 g/mol. The average Bonchev–Trinajstić information content (AvgIpc) is 2.50. The summed E-state index contributed by atoms with van der Waals surface area (Å²) >= 11 is 11.4. The zero-order valence-electron chi connectivity index (χ0n) is 10.9. The Morgan fingerprint density at radius 3 is 1.91 bits per heavy atom. The van der Waals surface area contributed by atoms with Crippen molar-refractivity contribution in [3.05, 3.63) is 74.5 Å². The van der Waals surface area contributed by atoms with Gasteiger partial charge in [0, 0.05) is 10.6 Å². The summed E-state index contributed by atoms with van der Waals surface area (Å²) in [6.07, 6.45) is 1.14. The number of hydrogen-bond donors (Lipinski definition) is 0. The van der Waals surface area contributed by atoms with Crippen LogP contribution >= 0.6 is 23.2 Å². The summed E-state index contributed by atoms with van der Waals surface area (Å²) in [5.74, 6) is -11.3. The fourth-order valence-corrected chi connectivity index (χ4v) is 2.21. The first-order valence-electron chi connectivity index (χ1n) is 5.93. The maximum Gasteiger partial charge on any atom is 0.200 e. The van der Waals surface area contributed by atoms with Gasteiger partial charge in [0.1, 0.15) is 0 Å². The van der Waals surface area contributed by atoms with Crippen LogP contribution in [0.15, 0.2) is 24.3 Å². The van der Waals surface area contributed by atoms with Gasteiger partial charge in [-0.3, -0.25) is 4.79 Å². The summed E-state index contributed by atoms with van der Waals surface area (Å²) in [5.41, 5.74) is -1.27. The normalized spacial score (nSPS) is 11.3. The predicted molar refractivity (Wildman–Crippen MR) is 76.1 cm³/mol. The van der Waals surface area contributed by atoms with Gasteiger partial charge in [-0.2, -0.15) is 0 Å². The number of carbonyl (C=O) groups is 1. The van der Waals surface area contributed by atoms with Crippen molar-refractivity contribution >= 4 is 35.1 Å². The number of allylic oxidation sites excluding steroid dienone is 1. The van der Waals surface area contributed by atoms with Gasteiger partial charge in [0.15, 0.2) is 29.1 Å². The Morgan fingerprint density at radius 2 is 1.39 bits per heavy atom. The van der Waals surface area contributed by atoms with E-state index in [-0.39, 0.29) is 15.6 Å². The van der Waals surface area contributed by atoms with Gasteiger partial charge in [-0.25, -0.2) is 22.0 Å². The minimum atomic E-state index is -2.27. The summed E-state index contributed by atoms with van der Waals surface area (Å²) in [7, 11) is 0. The Hall–Kier alpha value is -1.92. The zero-order valence-corrected chi connectivity index (χ0v) is 12.5. The van der Waals surface area contributed by atoms with E-state index in [1.54, 1.807) is 0 Å². The average molecular weight is 367 g/mol. The quantitative estimate of drug-likeness (QED) is 0.227. The van der Waals surface area contributed by atoms with Crippen LogP contribution in [0, 0.1) is 29.1 Å². The molecule has 0 radical (unpaired) electrons. The zero-order chi connectivity index (χ0) is 17.3. The second-order valence-corrected chi connectivity index (χ2v) is 5.15. The fraction of sp³-hybridized carbons (Fsp3) is 0. The maximum absolute atomic E-state index is 13.5. The number of ketones is 1. The molecule has 0 atom stereocenters. The van der Waals surface area contributed by atoms with Crippen LogP contribution in [0.3, 0.4) is 0 Å². The Balaban J connectivity index is 2.43. The molecule has 0 N–H and O–H groups in total. The lowest BCUT2D eigenvalue weighted by molar-refractivity contribution is 0.104. The molecule has 2 aromatic carbocycles. The van der Waals surface area contributed by atoms with E-state index in [9.17, 15) is 26.7 Å². The van der Waals surface area contributed by atoms with Gasteiger partial charge >= 0.3 is 0 Å². The molecule has 0 heterocycles. The lowest BCUT2D eigenvalue weighted by Crippen LogP contribution is -2.04. The first kappa shape index (κ1) is 17.4. The van der Waals surface area contributed by atoms with E-state index in [4.69, 9.17) is 23.2 Å². The van der Waals surface area contributed by atoms with Crippen molar-refractivity contribution < 1.29 is 26.7 Å². The van der Waals surface area contributed by atoms with Crippen molar-refractivity contribution in [1.82, 2.24) is 0 Å². The molecule has 0 unspecified atom stereocenters. The molecule has 0 spiro atoms. The van der Waals surface area contributed by atoms with E-state index in [1.165, 1.54) is 18.2 Å². The van der Waals surface area contributed by atoms with E-state index in [1.807, 2.05) is 0 Å². The molecule has 120 valence electrons. The molecular weight excluding hydrogens is 362 g/mol. The first-order valence-corrected chi connectivity index (χ1v) is 6.68. The van der Waals surface area contributed by atoms with Gasteiger partial charge < -0.3 is 0 Å². The van der Waals surface area contributed by atoms with E-state index >= 15 is 0 Å². The number of halogens is 7. The highest BCUT2D eigenvalue weighted by Crippen LogP contribution is 2.25. The van der Waals surface area contributed by atoms with Gasteiger partial charge in [0.25, 0.3) is 0 Å². The summed E-state index contributed by atoms with van der Waals surface area (Å²) in [4.78, 5) is 11.9. The SMILES string of the molecule is O=C(C=Cc1c(F)c(F)c(F)c(F)c1F)c1ccc(Cl)cc1Cl. The third-order valence-electron chi connectivity index (χ3n) is 2.84. The van der Waals surface area contributed by atoms with Crippen LogP contribution in [0.2, 0.25) is 10.0 Å². The van der Waals surface area contributed by atoms with Crippen LogP contribution in [0.25, 0.3) is 6.08 Å². The highest BCUT2D eigenvalue weighted by Gasteiger charge is 2.24. The molecule has 8 heteroatoms. The van der Waals surface area contributed by atoms with Gasteiger partial charge in [-0.05, 0) is 30.4 Å². The minimum absolute atomic E-state index is 0.0236. The summed E-state index contributed by atoms with van der Waals surface area (Å²) < 4.78 is 65.9. The number of hydrogen-bond acceptors (Lipinski definition) is 1. The Morgan fingerprint density at radius 1 is 0.870 bits per heavy atom. The molecule has 0 aromatic heterocycles. The van der Waals surface area contributed by atoms with Crippen molar-refractivity contribution in [2.24, 2.45) is 0 Å². The standard InChI is InChI=1S/C15H5Cl2F5O/c16-6-1-2-7(9(17)5-6)10(23)4-3-8-11(18)13(20)15(22)14(21)12(8)19/h1-5H. The second-order valence-electron chi connectivity index (χ2n) is 4.31. The Labute approximate surface area is 136 Å². The molecular formula is C15H5Cl2F5O. The van der Waals surface area contributed by atoms with Crippen molar-refractivity contribution in [2.75, 3.05) is 0 Å². The number of carbonyl (C=O) groups excluding carboxylic acids is 1. The summed E-state index contributed by atoms with van der Waals surface area (Å²) in [6.45, 7) is 0. The largest absolute Gasteiger partial charge is 0.289 e. The molecule has 0 amide bonds. The minimum Gasteiger partial charge on any atom is -0.289 e. The van der Waals surface area contributed by atoms with Crippen LogP contribution < -0.4 is 0 Å². The van der Waals surface area contributed by atoms with Crippen molar-refractivity contribution in [3.8, 4) is 0 Å². The molecule has 2 aromatic rings. The number of benzene rings is 2. The van der Waals surface area contributed by atoms with Crippen LogP contribution in [0.4, 0.5) is 22.0 Å². The highest BCUT2D eigenvalue weighted by molar-refractivity contribution is 6.37. The van der Waals surface area contributed by atoms with Crippen LogP contribution in [0.5, 0.6) is 0 Å². The van der Waals surface area contributed by atoms with E-state index in [2.05, 4.69) is 0 Å². The first-order chi connectivity index (χ1) is 10.7. The van der Waals surface area contributed by atoms with Crippen molar-refractivity contribution in [3.63, 3.8) is 0 Å². The van der Waals surface area contributed by atoms with Gasteiger partial charge in [-0.15, -0.1) is 0 Å².